The molecule has 0 radical (unpaired) electrons. The Kier molecular flexibility index (Phi) is 7.89. The van der Waals surface area contributed by atoms with Crippen molar-refractivity contribution in [3.05, 3.63) is 89.4 Å². The SMILES string of the molecule is O=C(COC(=O)c1cc(-c2ccccc2Cl)nc2ccccc12)Nc1ccc(S(=O)(=O)N2CCOCC2)cc1. The number of para-hydroxylation sites is 1. The van der Waals surface area contributed by atoms with E-state index in [9.17, 15) is 18.0 Å². The zero-order chi connectivity index (χ0) is 27.4. The number of nitrogens with zero attached hydrogens (tertiary/aromatic N) is 2. The highest BCUT2D eigenvalue weighted by Crippen LogP contribution is 2.30. The molecule has 11 heteroatoms. The van der Waals surface area contributed by atoms with Crippen LogP contribution in [0.5, 0.6) is 0 Å². The lowest BCUT2D eigenvalue weighted by Gasteiger charge is -2.26. The van der Waals surface area contributed by atoms with Gasteiger partial charge in [0.15, 0.2) is 6.61 Å². The first kappa shape index (κ1) is 26.8. The summed E-state index contributed by atoms with van der Waals surface area (Å²) in [6, 6.07) is 21.7. The van der Waals surface area contributed by atoms with Gasteiger partial charge in [0.25, 0.3) is 5.91 Å². The second-order valence-corrected chi connectivity index (χ2v) is 11.1. The zero-order valence-electron chi connectivity index (χ0n) is 20.7. The third-order valence-corrected chi connectivity index (χ3v) is 8.41. The second-order valence-electron chi connectivity index (χ2n) is 8.72. The summed E-state index contributed by atoms with van der Waals surface area (Å²) in [5, 5.41) is 3.68. The molecule has 5 rings (SSSR count). The number of aromatic nitrogens is 1. The average molecular weight is 566 g/mol. The van der Waals surface area contributed by atoms with Crippen LogP contribution in [0.15, 0.2) is 83.8 Å². The van der Waals surface area contributed by atoms with Crippen LogP contribution in [-0.4, -0.2) is 62.5 Å². The van der Waals surface area contributed by atoms with Gasteiger partial charge in [0, 0.05) is 34.7 Å². The number of amides is 1. The Bertz CT molecular complexity index is 1640. The molecule has 4 aromatic rings. The van der Waals surface area contributed by atoms with Gasteiger partial charge in [-0.3, -0.25) is 4.79 Å². The van der Waals surface area contributed by atoms with Crippen LogP contribution in [0, 0.1) is 0 Å². The van der Waals surface area contributed by atoms with Crippen molar-refractivity contribution < 1.29 is 27.5 Å². The number of benzene rings is 3. The summed E-state index contributed by atoms with van der Waals surface area (Å²) in [6.45, 7) is 0.744. The highest BCUT2D eigenvalue weighted by molar-refractivity contribution is 7.89. The summed E-state index contributed by atoms with van der Waals surface area (Å²) in [5.41, 5.74) is 2.37. The number of nitrogens with one attached hydrogen (secondary N) is 1. The summed E-state index contributed by atoms with van der Waals surface area (Å²) in [4.78, 5) is 30.3. The van der Waals surface area contributed by atoms with Crippen LogP contribution >= 0.6 is 11.6 Å². The van der Waals surface area contributed by atoms with Crippen LogP contribution in [0.1, 0.15) is 10.4 Å². The summed E-state index contributed by atoms with van der Waals surface area (Å²) >= 11 is 6.35. The molecule has 1 aliphatic heterocycles. The van der Waals surface area contributed by atoms with E-state index in [1.165, 1.54) is 28.6 Å². The molecule has 1 aromatic heterocycles. The van der Waals surface area contributed by atoms with E-state index >= 15 is 0 Å². The van der Waals surface area contributed by atoms with E-state index < -0.39 is 28.5 Å². The molecule has 39 heavy (non-hydrogen) atoms. The molecule has 0 atom stereocenters. The number of rotatable bonds is 7. The minimum Gasteiger partial charge on any atom is -0.452 e. The minimum atomic E-state index is -3.65. The van der Waals surface area contributed by atoms with Crippen LogP contribution in [0.2, 0.25) is 5.02 Å². The quantitative estimate of drug-likeness (QED) is 0.331. The van der Waals surface area contributed by atoms with E-state index in [-0.39, 0.29) is 10.5 Å². The first-order valence-corrected chi connectivity index (χ1v) is 13.9. The average Bonchev–Trinajstić information content (AvgIpc) is 2.96. The van der Waals surface area contributed by atoms with Gasteiger partial charge in [-0.2, -0.15) is 4.31 Å². The fourth-order valence-corrected chi connectivity index (χ4v) is 5.84. The van der Waals surface area contributed by atoms with Crippen molar-refractivity contribution in [1.82, 2.24) is 9.29 Å². The molecule has 1 fully saturated rings. The first-order valence-electron chi connectivity index (χ1n) is 12.1. The van der Waals surface area contributed by atoms with Crippen molar-refractivity contribution in [2.45, 2.75) is 4.90 Å². The predicted molar refractivity (Wildman–Crippen MR) is 147 cm³/mol. The van der Waals surface area contributed by atoms with Gasteiger partial charge in [-0.05, 0) is 42.5 Å². The molecule has 0 aliphatic carbocycles. The van der Waals surface area contributed by atoms with Crippen LogP contribution in [0.4, 0.5) is 5.69 Å². The molecular weight excluding hydrogens is 542 g/mol. The molecule has 0 bridgehead atoms. The second kappa shape index (κ2) is 11.5. The van der Waals surface area contributed by atoms with Crippen molar-refractivity contribution in [3.8, 4) is 11.3 Å². The van der Waals surface area contributed by atoms with Crippen LogP contribution < -0.4 is 5.32 Å². The summed E-state index contributed by atoms with van der Waals surface area (Å²) < 4.78 is 37.4. The van der Waals surface area contributed by atoms with Gasteiger partial charge in [-0.25, -0.2) is 18.2 Å². The van der Waals surface area contributed by atoms with E-state index in [1.807, 2.05) is 12.1 Å². The fraction of sp³-hybridized carbons (Fsp3) is 0.179. The lowest BCUT2D eigenvalue weighted by atomic mass is 10.0. The molecule has 9 nitrogen and oxygen atoms in total. The van der Waals surface area contributed by atoms with Gasteiger partial charge in [0.2, 0.25) is 10.0 Å². The minimum absolute atomic E-state index is 0.118. The number of carbonyl (C=O) groups is 2. The topological polar surface area (TPSA) is 115 Å². The van der Waals surface area contributed by atoms with E-state index in [0.29, 0.717) is 59.2 Å². The van der Waals surface area contributed by atoms with Crippen molar-refractivity contribution >= 4 is 50.1 Å². The van der Waals surface area contributed by atoms with E-state index in [2.05, 4.69) is 10.3 Å². The number of morpholine rings is 1. The monoisotopic (exact) mass is 565 g/mol. The van der Waals surface area contributed by atoms with Gasteiger partial charge in [-0.1, -0.05) is 48.0 Å². The Morgan fingerprint density at radius 3 is 2.41 bits per heavy atom. The number of ether oxygens (including phenoxy) is 2. The molecule has 1 amide bonds. The molecule has 1 saturated heterocycles. The lowest BCUT2D eigenvalue weighted by molar-refractivity contribution is -0.119. The summed E-state index contributed by atoms with van der Waals surface area (Å²) in [5.74, 6) is -1.26. The maximum Gasteiger partial charge on any atom is 0.339 e. The number of carbonyl (C=O) groups excluding carboxylic acids is 2. The van der Waals surface area contributed by atoms with Gasteiger partial charge in [-0.15, -0.1) is 0 Å². The molecule has 0 unspecified atom stereocenters. The standard InChI is InChI=1S/C28H24ClN3O6S/c29-24-7-3-1-6-22(24)26-17-23(21-5-2-4-8-25(21)31-26)28(34)38-18-27(33)30-19-9-11-20(12-10-19)39(35,36)32-13-15-37-16-14-32/h1-12,17H,13-16,18H2,(H,30,33). The van der Waals surface area contributed by atoms with Gasteiger partial charge in [0.1, 0.15) is 0 Å². The third kappa shape index (κ3) is 5.94. The Morgan fingerprint density at radius 1 is 0.974 bits per heavy atom. The number of hydrogen-bond donors (Lipinski definition) is 1. The van der Waals surface area contributed by atoms with E-state index in [4.69, 9.17) is 21.1 Å². The molecule has 1 N–H and O–H groups in total. The van der Waals surface area contributed by atoms with Gasteiger partial charge >= 0.3 is 5.97 Å². The fourth-order valence-electron chi connectivity index (χ4n) is 4.20. The Morgan fingerprint density at radius 2 is 1.67 bits per heavy atom. The molecule has 200 valence electrons. The van der Waals surface area contributed by atoms with Gasteiger partial charge < -0.3 is 14.8 Å². The Labute approximate surface area is 230 Å². The summed E-state index contributed by atoms with van der Waals surface area (Å²) in [6.07, 6.45) is 0. The summed E-state index contributed by atoms with van der Waals surface area (Å²) in [7, 11) is -3.65. The number of sulfonamides is 1. The normalized spacial score (nSPS) is 14.2. The van der Waals surface area contributed by atoms with Crippen LogP contribution in [0.25, 0.3) is 22.2 Å². The maximum absolute atomic E-state index is 13.0. The highest BCUT2D eigenvalue weighted by Gasteiger charge is 2.26. The van der Waals surface area contributed by atoms with E-state index in [0.717, 1.165) is 0 Å². The molecule has 2 heterocycles. The lowest BCUT2D eigenvalue weighted by Crippen LogP contribution is -2.40. The molecule has 1 aliphatic rings. The molecular formula is C28H24ClN3O6S. The van der Waals surface area contributed by atoms with Crippen molar-refractivity contribution in [3.63, 3.8) is 0 Å². The van der Waals surface area contributed by atoms with Gasteiger partial charge in [0.05, 0.1) is 34.9 Å². The predicted octanol–water partition coefficient (Wildman–Crippen LogP) is 4.37. The first-order chi connectivity index (χ1) is 18.8. The van der Waals surface area contributed by atoms with Crippen LogP contribution in [0.3, 0.4) is 0 Å². The highest BCUT2D eigenvalue weighted by atomic mass is 35.5. The van der Waals surface area contributed by atoms with Crippen molar-refractivity contribution in [2.75, 3.05) is 38.2 Å². The number of anilines is 1. The Hall–Kier alpha value is -3.83. The smallest absolute Gasteiger partial charge is 0.339 e. The maximum atomic E-state index is 13.0. The molecule has 0 saturated carbocycles. The number of fused-ring (bicyclic) bond motifs is 1. The number of pyridine rings is 1. The Balaban J connectivity index is 1.27. The van der Waals surface area contributed by atoms with Crippen molar-refractivity contribution in [1.29, 1.82) is 0 Å². The van der Waals surface area contributed by atoms with Crippen molar-refractivity contribution in [2.24, 2.45) is 0 Å². The van der Waals surface area contributed by atoms with Crippen LogP contribution in [-0.2, 0) is 24.3 Å². The largest absolute Gasteiger partial charge is 0.452 e. The zero-order valence-corrected chi connectivity index (χ0v) is 22.2. The number of hydrogen-bond acceptors (Lipinski definition) is 7. The van der Waals surface area contributed by atoms with E-state index in [1.54, 1.807) is 42.5 Å². The molecule has 0 spiro atoms. The molecule has 3 aromatic carbocycles. The number of halogens is 1. The third-order valence-electron chi connectivity index (χ3n) is 6.17. The number of esters is 1.